The number of hydrogen-bond acceptors (Lipinski definition) is 4. The van der Waals surface area contributed by atoms with E-state index >= 15 is 0 Å². The molecule has 0 N–H and O–H groups in total. The summed E-state index contributed by atoms with van der Waals surface area (Å²) in [6, 6.07) is 0.147. The molecule has 100 valence electrons. The quantitative estimate of drug-likeness (QED) is 0.778. The Morgan fingerprint density at radius 3 is 2.65 bits per heavy atom. The number of ether oxygens (including phenoxy) is 2. The molecule has 0 spiro atoms. The average Bonchev–Trinajstić information content (AvgIpc) is 2.33. The molecule has 2 aliphatic heterocycles. The van der Waals surface area contributed by atoms with Crippen LogP contribution in [0, 0.1) is 0 Å². The highest BCUT2D eigenvalue weighted by molar-refractivity contribution is 7.93. The Bertz CT molecular complexity index is 330. The second kappa shape index (κ2) is 6.16. The molecule has 0 aromatic carbocycles. The molecule has 0 aromatic rings. The third kappa shape index (κ3) is 3.93. The van der Waals surface area contributed by atoms with Crippen LogP contribution in [0.3, 0.4) is 0 Å². The van der Waals surface area contributed by atoms with Crippen LogP contribution in [0.25, 0.3) is 0 Å². The minimum absolute atomic E-state index is 0.147. The Balaban J connectivity index is 1.88. The van der Waals surface area contributed by atoms with Crippen LogP contribution in [0.4, 0.5) is 0 Å². The molecular weight excluding hydrogens is 238 g/mol. The topological polar surface area (TPSA) is 47.9 Å². The fourth-order valence-corrected chi connectivity index (χ4v) is 4.27. The lowest BCUT2D eigenvalue weighted by atomic mass is 10.0. The van der Waals surface area contributed by atoms with Gasteiger partial charge in [-0.25, -0.2) is 8.57 Å². The number of rotatable bonds is 3. The van der Waals surface area contributed by atoms with Crippen LogP contribution in [0.1, 0.15) is 32.6 Å². The van der Waals surface area contributed by atoms with E-state index in [0.29, 0.717) is 37.4 Å². The third-order valence-corrected chi connectivity index (χ3v) is 5.68. The van der Waals surface area contributed by atoms with Crippen molar-refractivity contribution in [2.75, 3.05) is 31.3 Å². The van der Waals surface area contributed by atoms with Gasteiger partial charge in [0.1, 0.15) is 0 Å². The van der Waals surface area contributed by atoms with E-state index in [4.69, 9.17) is 9.47 Å². The first-order chi connectivity index (χ1) is 8.22. The highest BCUT2D eigenvalue weighted by atomic mass is 32.2. The predicted octanol–water partition coefficient (Wildman–Crippen LogP) is 1.83. The van der Waals surface area contributed by atoms with Gasteiger partial charge >= 0.3 is 0 Å². The molecule has 2 heterocycles. The minimum Gasteiger partial charge on any atom is -0.379 e. The molecule has 2 rings (SSSR count). The summed E-state index contributed by atoms with van der Waals surface area (Å²) in [4.78, 5) is 0. The average molecular weight is 261 g/mol. The fraction of sp³-hybridized carbons (Fsp3) is 1.00. The molecule has 2 aliphatic rings. The van der Waals surface area contributed by atoms with Crippen LogP contribution in [0.15, 0.2) is 4.36 Å². The highest BCUT2D eigenvalue weighted by Crippen LogP contribution is 2.21. The van der Waals surface area contributed by atoms with Crippen LogP contribution in [-0.4, -0.2) is 47.7 Å². The van der Waals surface area contributed by atoms with Crippen molar-refractivity contribution in [1.82, 2.24) is 0 Å². The normalized spacial score (nSPS) is 33.2. The molecule has 4 nitrogen and oxygen atoms in total. The van der Waals surface area contributed by atoms with Crippen LogP contribution in [0.2, 0.25) is 0 Å². The molecule has 2 saturated heterocycles. The van der Waals surface area contributed by atoms with Crippen molar-refractivity contribution >= 4 is 9.73 Å². The van der Waals surface area contributed by atoms with Gasteiger partial charge in [0.2, 0.25) is 0 Å². The van der Waals surface area contributed by atoms with Gasteiger partial charge in [-0.15, -0.1) is 0 Å². The molecule has 2 atom stereocenters. The van der Waals surface area contributed by atoms with Gasteiger partial charge in [0.25, 0.3) is 0 Å². The van der Waals surface area contributed by atoms with E-state index in [2.05, 4.69) is 11.3 Å². The van der Waals surface area contributed by atoms with Gasteiger partial charge in [-0.3, -0.25) is 0 Å². The lowest BCUT2D eigenvalue weighted by molar-refractivity contribution is 0.00131. The molecule has 2 unspecified atom stereocenters. The maximum Gasteiger partial charge on any atom is 0.0828 e. The zero-order valence-electron chi connectivity index (χ0n) is 10.6. The molecule has 0 aromatic heterocycles. The fourth-order valence-electron chi connectivity index (χ4n) is 2.38. The summed E-state index contributed by atoms with van der Waals surface area (Å²) in [6.07, 6.45) is 4.80. The van der Waals surface area contributed by atoms with E-state index in [1.54, 1.807) is 0 Å². The van der Waals surface area contributed by atoms with E-state index < -0.39 is 9.73 Å². The van der Waals surface area contributed by atoms with Crippen molar-refractivity contribution in [2.24, 2.45) is 4.36 Å². The molecule has 2 fully saturated rings. The molecule has 0 radical (unpaired) electrons. The smallest absolute Gasteiger partial charge is 0.0828 e. The van der Waals surface area contributed by atoms with Crippen molar-refractivity contribution in [1.29, 1.82) is 0 Å². The Morgan fingerprint density at radius 2 is 2.06 bits per heavy atom. The summed E-state index contributed by atoms with van der Waals surface area (Å²) in [5.41, 5.74) is 0. The standard InChI is InChI=1S/C12H23NO3S/c1-2-3-12-5-4-11(10-16-12)13-17(14)8-6-15-7-9-17/h11-12H,2-10H2,1H3. The zero-order chi connectivity index (χ0) is 12.1. The second-order valence-corrected chi connectivity index (χ2v) is 7.45. The lowest BCUT2D eigenvalue weighted by Crippen LogP contribution is -2.32. The van der Waals surface area contributed by atoms with Crippen LogP contribution < -0.4 is 0 Å². The highest BCUT2D eigenvalue weighted by Gasteiger charge is 2.23. The molecule has 0 amide bonds. The van der Waals surface area contributed by atoms with Crippen LogP contribution in [-0.2, 0) is 19.2 Å². The van der Waals surface area contributed by atoms with Gasteiger partial charge in [0.05, 0.1) is 53.2 Å². The second-order valence-electron chi connectivity index (χ2n) is 4.87. The van der Waals surface area contributed by atoms with Crippen molar-refractivity contribution < 1.29 is 13.7 Å². The molecule has 17 heavy (non-hydrogen) atoms. The van der Waals surface area contributed by atoms with E-state index in [1.165, 1.54) is 6.42 Å². The number of hydrogen-bond donors (Lipinski definition) is 0. The van der Waals surface area contributed by atoms with Crippen molar-refractivity contribution in [3.8, 4) is 0 Å². The van der Waals surface area contributed by atoms with Crippen molar-refractivity contribution in [2.45, 2.75) is 44.8 Å². The van der Waals surface area contributed by atoms with E-state index in [0.717, 1.165) is 19.3 Å². The Morgan fingerprint density at radius 1 is 1.29 bits per heavy atom. The van der Waals surface area contributed by atoms with Crippen molar-refractivity contribution in [3.05, 3.63) is 0 Å². The first-order valence-corrected chi connectivity index (χ1v) is 8.48. The molecule has 0 saturated carbocycles. The third-order valence-electron chi connectivity index (χ3n) is 3.39. The van der Waals surface area contributed by atoms with Gasteiger partial charge in [-0.05, 0) is 19.3 Å². The van der Waals surface area contributed by atoms with Gasteiger partial charge in [0.15, 0.2) is 0 Å². The zero-order valence-corrected chi connectivity index (χ0v) is 11.4. The Labute approximate surface area is 104 Å². The summed E-state index contributed by atoms with van der Waals surface area (Å²) in [5, 5.41) is 0. The van der Waals surface area contributed by atoms with Gasteiger partial charge < -0.3 is 9.47 Å². The maximum atomic E-state index is 12.4. The summed E-state index contributed by atoms with van der Waals surface area (Å²) in [6.45, 7) is 4.02. The molecular formula is C12H23NO3S. The largest absolute Gasteiger partial charge is 0.379 e. The Hall–Kier alpha value is -0.130. The SMILES string of the molecule is CCCC1CCC(N=S2(=O)CCOCC2)CO1. The monoisotopic (exact) mass is 261 g/mol. The van der Waals surface area contributed by atoms with E-state index in [-0.39, 0.29) is 6.04 Å². The number of nitrogens with zero attached hydrogens (tertiary/aromatic N) is 1. The summed E-state index contributed by atoms with van der Waals surface area (Å²) in [7, 11) is -2.00. The lowest BCUT2D eigenvalue weighted by Gasteiger charge is -2.28. The maximum absolute atomic E-state index is 12.4. The molecule has 5 heteroatoms. The van der Waals surface area contributed by atoms with Gasteiger partial charge in [-0.1, -0.05) is 13.3 Å². The first-order valence-electron chi connectivity index (χ1n) is 6.63. The summed E-state index contributed by atoms with van der Waals surface area (Å²) >= 11 is 0. The van der Waals surface area contributed by atoms with Gasteiger partial charge in [0, 0.05) is 0 Å². The first kappa shape index (κ1) is 13.3. The molecule has 0 aliphatic carbocycles. The minimum atomic E-state index is -2.00. The van der Waals surface area contributed by atoms with E-state index in [9.17, 15) is 4.21 Å². The Kier molecular flexibility index (Phi) is 4.82. The van der Waals surface area contributed by atoms with Gasteiger partial charge in [-0.2, -0.15) is 0 Å². The van der Waals surface area contributed by atoms with Crippen LogP contribution >= 0.6 is 0 Å². The van der Waals surface area contributed by atoms with E-state index in [1.807, 2.05) is 0 Å². The predicted molar refractivity (Wildman–Crippen MR) is 68.8 cm³/mol. The van der Waals surface area contributed by atoms with Crippen molar-refractivity contribution in [3.63, 3.8) is 0 Å². The molecule has 0 bridgehead atoms. The van der Waals surface area contributed by atoms with Crippen LogP contribution in [0.5, 0.6) is 0 Å². The summed E-state index contributed by atoms with van der Waals surface area (Å²) < 4.78 is 27.9. The summed E-state index contributed by atoms with van der Waals surface area (Å²) in [5.74, 6) is 1.20.